The largest absolute Gasteiger partial charge is 0.468 e. The number of nitrogens with one attached hydrogen (secondary N) is 1. The lowest BCUT2D eigenvalue weighted by Gasteiger charge is -2.04. The fourth-order valence-electron chi connectivity index (χ4n) is 1.63. The maximum Gasteiger partial charge on any atom is 0.325 e. The molecule has 0 atom stereocenters. The fourth-order valence-corrected chi connectivity index (χ4v) is 1.63. The van der Waals surface area contributed by atoms with Crippen molar-refractivity contribution in [3.8, 4) is 0 Å². The standard InChI is InChI=1S/C15H19NO4/c1-3-11-4-6-12(7-5-11)13(17)8-9-14(18)16-10-15(19)20-2/h4-7H,3,8-10H2,1-2H3,(H,16,18). The number of esters is 1. The minimum absolute atomic E-state index is 0.0609. The Hall–Kier alpha value is -2.17. The number of hydrogen-bond donors (Lipinski definition) is 1. The lowest BCUT2D eigenvalue weighted by molar-refractivity contribution is -0.141. The van der Waals surface area contributed by atoms with E-state index in [1.165, 1.54) is 7.11 Å². The van der Waals surface area contributed by atoms with Crippen molar-refractivity contribution < 1.29 is 19.1 Å². The maximum absolute atomic E-state index is 11.9. The quantitative estimate of drug-likeness (QED) is 0.605. The average Bonchev–Trinajstić information content (AvgIpc) is 2.50. The van der Waals surface area contributed by atoms with Gasteiger partial charge in [-0.2, -0.15) is 0 Å². The summed E-state index contributed by atoms with van der Waals surface area (Å²) < 4.78 is 4.40. The summed E-state index contributed by atoms with van der Waals surface area (Å²) in [5.41, 5.74) is 1.76. The molecule has 1 rings (SSSR count). The zero-order valence-electron chi connectivity index (χ0n) is 11.8. The summed E-state index contributed by atoms with van der Waals surface area (Å²) in [4.78, 5) is 34.1. The highest BCUT2D eigenvalue weighted by molar-refractivity contribution is 5.98. The number of carbonyl (C=O) groups excluding carboxylic acids is 3. The molecule has 0 aliphatic carbocycles. The van der Waals surface area contributed by atoms with E-state index in [1.807, 2.05) is 19.1 Å². The molecule has 0 radical (unpaired) electrons. The van der Waals surface area contributed by atoms with Crippen molar-refractivity contribution in [3.63, 3.8) is 0 Å². The summed E-state index contributed by atoms with van der Waals surface area (Å²) in [6.07, 6.45) is 1.11. The number of hydrogen-bond acceptors (Lipinski definition) is 4. The van der Waals surface area contributed by atoms with Crippen LogP contribution >= 0.6 is 0 Å². The van der Waals surface area contributed by atoms with Gasteiger partial charge in [-0.05, 0) is 12.0 Å². The van der Waals surface area contributed by atoms with E-state index in [0.717, 1.165) is 12.0 Å². The Kier molecular flexibility index (Phi) is 6.43. The Morgan fingerprint density at radius 1 is 1.10 bits per heavy atom. The van der Waals surface area contributed by atoms with Crippen LogP contribution in [0.25, 0.3) is 0 Å². The minimum Gasteiger partial charge on any atom is -0.468 e. The van der Waals surface area contributed by atoms with Gasteiger partial charge in [-0.15, -0.1) is 0 Å². The number of Topliss-reactive ketones (excluding diaryl/α,β-unsaturated/α-hetero) is 1. The molecule has 5 nitrogen and oxygen atoms in total. The summed E-state index contributed by atoms with van der Waals surface area (Å²) in [7, 11) is 1.25. The molecule has 1 amide bonds. The number of rotatable bonds is 7. The molecule has 1 N–H and O–H groups in total. The molecule has 0 spiro atoms. The highest BCUT2D eigenvalue weighted by atomic mass is 16.5. The predicted molar refractivity (Wildman–Crippen MR) is 74.4 cm³/mol. The molecule has 0 aliphatic heterocycles. The van der Waals surface area contributed by atoms with Gasteiger partial charge in [-0.3, -0.25) is 14.4 Å². The second-order valence-corrected chi connectivity index (χ2v) is 4.33. The smallest absolute Gasteiger partial charge is 0.325 e. The van der Waals surface area contributed by atoms with Crippen LogP contribution in [0.3, 0.4) is 0 Å². The molecular formula is C15H19NO4. The molecule has 108 valence electrons. The Labute approximate surface area is 118 Å². The van der Waals surface area contributed by atoms with E-state index < -0.39 is 5.97 Å². The highest BCUT2D eigenvalue weighted by Gasteiger charge is 2.10. The van der Waals surface area contributed by atoms with Gasteiger partial charge in [0, 0.05) is 18.4 Å². The Balaban J connectivity index is 2.38. The van der Waals surface area contributed by atoms with Crippen LogP contribution < -0.4 is 5.32 Å². The molecule has 0 bridgehead atoms. The van der Waals surface area contributed by atoms with Crippen LogP contribution in [-0.2, 0) is 20.7 Å². The zero-order chi connectivity index (χ0) is 15.0. The molecule has 1 aromatic carbocycles. The first kappa shape index (κ1) is 15.9. The zero-order valence-corrected chi connectivity index (χ0v) is 11.8. The van der Waals surface area contributed by atoms with Gasteiger partial charge in [0.2, 0.25) is 5.91 Å². The average molecular weight is 277 g/mol. The van der Waals surface area contributed by atoms with E-state index in [0.29, 0.717) is 5.56 Å². The predicted octanol–water partition coefficient (Wildman–Crippen LogP) is 1.50. The Morgan fingerprint density at radius 2 is 1.75 bits per heavy atom. The van der Waals surface area contributed by atoms with Crippen molar-refractivity contribution >= 4 is 17.7 Å². The summed E-state index contributed by atoms with van der Waals surface area (Å²) >= 11 is 0. The summed E-state index contributed by atoms with van der Waals surface area (Å²) in [5.74, 6) is -0.936. The number of carbonyl (C=O) groups is 3. The van der Waals surface area contributed by atoms with E-state index >= 15 is 0 Å². The molecule has 20 heavy (non-hydrogen) atoms. The molecular weight excluding hydrogens is 258 g/mol. The second-order valence-electron chi connectivity index (χ2n) is 4.33. The lowest BCUT2D eigenvalue weighted by atomic mass is 10.0. The first-order valence-electron chi connectivity index (χ1n) is 6.52. The van der Waals surface area contributed by atoms with Gasteiger partial charge >= 0.3 is 5.97 Å². The van der Waals surface area contributed by atoms with Crippen molar-refractivity contribution in [1.82, 2.24) is 5.32 Å². The number of methoxy groups -OCH3 is 1. The van der Waals surface area contributed by atoms with Gasteiger partial charge < -0.3 is 10.1 Å². The number of ether oxygens (including phenoxy) is 1. The highest BCUT2D eigenvalue weighted by Crippen LogP contribution is 2.08. The van der Waals surface area contributed by atoms with Gasteiger partial charge in [0.05, 0.1) is 7.11 Å². The molecule has 0 heterocycles. The molecule has 0 saturated heterocycles. The molecule has 0 aromatic heterocycles. The van der Waals surface area contributed by atoms with E-state index in [1.54, 1.807) is 12.1 Å². The normalized spacial score (nSPS) is 9.90. The van der Waals surface area contributed by atoms with E-state index in [2.05, 4.69) is 10.1 Å². The van der Waals surface area contributed by atoms with E-state index in [9.17, 15) is 14.4 Å². The number of aryl methyl sites for hydroxylation is 1. The summed E-state index contributed by atoms with van der Waals surface area (Å²) in [6, 6.07) is 7.36. The van der Waals surface area contributed by atoms with Crippen LogP contribution in [0, 0.1) is 0 Å². The second kappa shape index (κ2) is 8.09. The number of amides is 1. The van der Waals surface area contributed by atoms with E-state index in [4.69, 9.17) is 0 Å². The maximum atomic E-state index is 11.9. The van der Waals surface area contributed by atoms with Crippen molar-refractivity contribution in [2.45, 2.75) is 26.2 Å². The van der Waals surface area contributed by atoms with Crippen LogP contribution in [0.5, 0.6) is 0 Å². The molecule has 5 heteroatoms. The van der Waals surface area contributed by atoms with Crippen LogP contribution in [0.4, 0.5) is 0 Å². The SMILES string of the molecule is CCc1ccc(C(=O)CCC(=O)NCC(=O)OC)cc1. The first-order valence-corrected chi connectivity index (χ1v) is 6.52. The Morgan fingerprint density at radius 3 is 2.30 bits per heavy atom. The van der Waals surface area contributed by atoms with Crippen molar-refractivity contribution in [3.05, 3.63) is 35.4 Å². The monoisotopic (exact) mass is 277 g/mol. The van der Waals surface area contributed by atoms with Crippen LogP contribution in [0.2, 0.25) is 0 Å². The van der Waals surface area contributed by atoms with Gasteiger partial charge in [0.25, 0.3) is 0 Å². The van der Waals surface area contributed by atoms with Gasteiger partial charge in [-0.1, -0.05) is 31.2 Å². The number of benzene rings is 1. The first-order chi connectivity index (χ1) is 9.56. The fraction of sp³-hybridized carbons (Fsp3) is 0.400. The lowest BCUT2D eigenvalue weighted by Crippen LogP contribution is -2.30. The third-order valence-corrected chi connectivity index (χ3v) is 2.92. The molecule has 1 aromatic rings. The van der Waals surface area contributed by atoms with Gasteiger partial charge in [0.1, 0.15) is 6.54 Å². The van der Waals surface area contributed by atoms with E-state index in [-0.39, 0.29) is 31.1 Å². The van der Waals surface area contributed by atoms with Crippen molar-refractivity contribution in [1.29, 1.82) is 0 Å². The van der Waals surface area contributed by atoms with Crippen LogP contribution in [-0.4, -0.2) is 31.3 Å². The molecule has 0 fully saturated rings. The summed E-state index contributed by atoms with van der Waals surface area (Å²) in [6.45, 7) is 1.87. The molecule has 0 aliphatic rings. The topological polar surface area (TPSA) is 72.5 Å². The van der Waals surface area contributed by atoms with Crippen molar-refractivity contribution in [2.24, 2.45) is 0 Å². The molecule has 0 saturated carbocycles. The summed E-state index contributed by atoms with van der Waals surface area (Å²) in [5, 5.41) is 2.39. The van der Waals surface area contributed by atoms with Crippen molar-refractivity contribution in [2.75, 3.05) is 13.7 Å². The third-order valence-electron chi connectivity index (χ3n) is 2.92. The Bertz CT molecular complexity index is 479. The third kappa shape index (κ3) is 5.22. The number of ketones is 1. The van der Waals surface area contributed by atoms with Crippen LogP contribution in [0.1, 0.15) is 35.7 Å². The van der Waals surface area contributed by atoms with Gasteiger partial charge in [0.15, 0.2) is 5.78 Å². The van der Waals surface area contributed by atoms with Gasteiger partial charge in [-0.25, -0.2) is 0 Å². The molecule has 0 unspecified atom stereocenters. The minimum atomic E-state index is -0.514. The van der Waals surface area contributed by atoms with Crippen LogP contribution in [0.15, 0.2) is 24.3 Å².